The number of rotatable bonds is 3. The van der Waals surface area contributed by atoms with Gasteiger partial charge in [-0.05, 0) is 42.3 Å². The Balaban J connectivity index is 1.87. The van der Waals surface area contributed by atoms with Crippen LogP contribution in [0.2, 0.25) is 10.0 Å². The molecule has 0 aliphatic carbocycles. The first-order valence-corrected chi connectivity index (χ1v) is 10.2. The molecule has 2 unspecified atom stereocenters. The van der Waals surface area contributed by atoms with Gasteiger partial charge >= 0.3 is 0 Å². The van der Waals surface area contributed by atoms with Crippen LogP contribution in [0.25, 0.3) is 0 Å². The Morgan fingerprint density at radius 2 is 1.34 bits per heavy atom. The van der Waals surface area contributed by atoms with Crippen molar-refractivity contribution in [1.29, 1.82) is 0 Å². The average molecular weight is 423 g/mol. The van der Waals surface area contributed by atoms with E-state index in [0.717, 1.165) is 22.3 Å². The van der Waals surface area contributed by atoms with Gasteiger partial charge in [0.2, 0.25) is 5.91 Å². The van der Waals surface area contributed by atoms with E-state index in [2.05, 4.69) is 0 Å². The molecule has 0 radical (unpaired) electrons. The zero-order valence-corrected chi connectivity index (χ0v) is 17.7. The second kappa shape index (κ2) is 8.02. The Morgan fingerprint density at radius 3 is 1.86 bits per heavy atom. The van der Waals surface area contributed by atoms with Crippen molar-refractivity contribution in [2.24, 2.45) is 4.99 Å². The van der Waals surface area contributed by atoms with Crippen LogP contribution in [-0.4, -0.2) is 16.6 Å². The van der Waals surface area contributed by atoms with Gasteiger partial charge in [0.25, 0.3) is 0 Å². The summed E-state index contributed by atoms with van der Waals surface area (Å²) < 4.78 is 0. The van der Waals surface area contributed by atoms with E-state index in [1.807, 2.05) is 79.7 Å². The highest BCUT2D eigenvalue weighted by Crippen LogP contribution is 2.43. The summed E-state index contributed by atoms with van der Waals surface area (Å²) in [6, 6.07) is 22.8. The minimum Gasteiger partial charge on any atom is -0.287 e. The monoisotopic (exact) mass is 422 g/mol. The second-order valence-corrected chi connectivity index (χ2v) is 8.07. The fraction of sp³-hybridized carbons (Fsp3) is 0.167. The second-order valence-electron chi connectivity index (χ2n) is 7.20. The summed E-state index contributed by atoms with van der Waals surface area (Å²) in [4.78, 5) is 19.6. The van der Waals surface area contributed by atoms with Crippen molar-refractivity contribution >= 4 is 34.9 Å². The van der Waals surface area contributed by atoms with E-state index in [1.165, 1.54) is 0 Å². The first-order chi connectivity index (χ1) is 13.9. The molecule has 0 N–H and O–H groups in total. The molecule has 3 aromatic carbocycles. The summed E-state index contributed by atoms with van der Waals surface area (Å²) >= 11 is 12.2. The SMILES string of the molecule is CC(=O)N1C(c2ccc(C)cc2)=NC(c2ccc(Cl)cc2)C1c1ccc(Cl)cc1. The number of hydrogen-bond acceptors (Lipinski definition) is 2. The van der Waals surface area contributed by atoms with Crippen LogP contribution in [0.3, 0.4) is 0 Å². The van der Waals surface area contributed by atoms with Crippen molar-refractivity contribution in [3.05, 3.63) is 105 Å². The van der Waals surface area contributed by atoms with Gasteiger partial charge in [-0.2, -0.15) is 0 Å². The Kier molecular flexibility index (Phi) is 5.44. The molecule has 0 spiro atoms. The van der Waals surface area contributed by atoms with Gasteiger partial charge in [-0.15, -0.1) is 0 Å². The number of aryl methyl sites for hydroxylation is 1. The summed E-state index contributed by atoms with van der Waals surface area (Å²) in [6.07, 6.45) is 0. The van der Waals surface area contributed by atoms with Crippen molar-refractivity contribution in [2.45, 2.75) is 25.9 Å². The van der Waals surface area contributed by atoms with Gasteiger partial charge in [-0.3, -0.25) is 14.7 Å². The molecule has 1 amide bonds. The fourth-order valence-corrected chi connectivity index (χ4v) is 3.96. The van der Waals surface area contributed by atoms with E-state index in [4.69, 9.17) is 28.2 Å². The number of amides is 1. The van der Waals surface area contributed by atoms with E-state index in [1.54, 1.807) is 11.8 Å². The zero-order chi connectivity index (χ0) is 20.5. The predicted octanol–water partition coefficient (Wildman–Crippen LogP) is 6.39. The number of hydrogen-bond donors (Lipinski definition) is 0. The maximum Gasteiger partial charge on any atom is 0.225 e. The van der Waals surface area contributed by atoms with Crippen LogP contribution in [0.1, 0.15) is 41.3 Å². The lowest BCUT2D eigenvalue weighted by molar-refractivity contribution is -0.126. The smallest absolute Gasteiger partial charge is 0.225 e. The van der Waals surface area contributed by atoms with Gasteiger partial charge in [0.05, 0.1) is 6.04 Å². The molecule has 0 fully saturated rings. The van der Waals surface area contributed by atoms with Crippen LogP contribution in [-0.2, 0) is 4.79 Å². The minimum atomic E-state index is -0.262. The Hall–Kier alpha value is -2.62. The van der Waals surface area contributed by atoms with Crippen LogP contribution < -0.4 is 0 Å². The third-order valence-corrected chi connectivity index (χ3v) is 5.64. The Bertz CT molecular complexity index is 1060. The third-order valence-electron chi connectivity index (χ3n) is 5.14. The number of carbonyl (C=O) groups excluding carboxylic acids is 1. The first-order valence-electron chi connectivity index (χ1n) is 9.39. The van der Waals surface area contributed by atoms with E-state index >= 15 is 0 Å². The standard InChI is InChI=1S/C24H20Cl2N2O/c1-15-3-5-19(6-4-15)24-27-22(17-7-11-20(25)12-8-17)23(28(24)16(2)29)18-9-13-21(26)14-10-18/h3-14,22-23H,1-2H3. The molecule has 3 nitrogen and oxygen atoms in total. The molecule has 0 aromatic heterocycles. The van der Waals surface area contributed by atoms with Crippen LogP contribution in [0, 0.1) is 6.92 Å². The van der Waals surface area contributed by atoms with E-state index in [-0.39, 0.29) is 18.0 Å². The molecule has 3 aromatic rings. The number of aliphatic imine (C=N–C) groups is 1. The van der Waals surface area contributed by atoms with Crippen molar-refractivity contribution < 1.29 is 4.79 Å². The van der Waals surface area contributed by atoms with Gasteiger partial charge in [0.15, 0.2) is 0 Å². The lowest BCUT2D eigenvalue weighted by Crippen LogP contribution is -2.36. The molecule has 5 heteroatoms. The van der Waals surface area contributed by atoms with Crippen LogP contribution >= 0.6 is 23.2 Å². The van der Waals surface area contributed by atoms with Gasteiger partial charge in [0.1, 0.15) is 11.9 Å². The molecule has 2 atom stereocenters. The zero-order valence-electron chi connectivity index (χ0n) is 16.1. The quantitative estimate of drug-likeness (QED) is 0.480. The minimum absolute atomic E-state index is 0.0549. The van der Waals surface area contributed by atoms with Gasteiger partial charge in [0, 0.05) is 22.5 Å². The van der Waals surface area contributed by atoms with E-state index in [0.29, 0.717) is 15.9 Å². The highest BCUT2D eigenvalue weighted by molar-refractivity contribution is 6.30. The molecular formula is C24H20Cl2N2O. The summed E-state index contributed by atoms with van der Waals surface area (Å²) in [5, 5.41) is 1.32. The molecular weight excluding hydrogens is 403 g/mol. The molecule has 1 aliphatic rings. The van der Waals surface area contributed by atoms with Crippen LogP contribution in [0.5, 0.6) is 0 Å². The Morgan fingerprint density at radius 1 is 0.828 bits per heavy atom. The van der Waals surface area contributed by atoms with Crippen LogP contribution in [0.4, 0.5) is 0 Å². The van der Waals surface area contributed by atoms with Crippen molar-refractivity contribution in [3.63, 3.8) is 0 Å². The summed E-state index contributed by atoms with van der Waals surface area (Å²) in [5.41, 5.74) is 4.06. The largest absolute Gasteiger partial charge is 0.287 e. The van der Waals surface area contributed by atoms with Crippen molar-refractivity contribution in [2.75, 3.05) is 0 Å². The first kappa shape index (κ1) is 19.7. The number of nitrogens with zero attached hydrogens (tertiary/aromatic N) is 2. The highest BCUT2D eigenvalue weighted by atomic mass is 35.5. The Labute approximate surface area is 180 Å². The summed E-state index contributed by atoms with van der Waals surface area (Å²) in [7, 11) is 0. The van der Waals surface area contributed by atoms with Crippen molar-refractivity contribution in [1.82, 2.24) is 4.90 Å². The average Bonchev–Trinajstić information content (AvgIpc) is 3.10. The molecule has 29 heavy (non-hydrogen) atoms. The molecule has 146 valence electrons. The third kappa shape index (κ3) is 3.93. The topological polar surface area (TPSA) is 32.7 Å². The molecule has 0 saturated carbocycles. The molecule has 4 rings (SSSR count). The number of amidine groups is 1. The van der Waals surface area contributed by atoms with Gasteiger partial charge in [-0.25, -0.2) is 0 Å². The lowest BCUT2D eigenvalue weighted by atomic mass is 9.93. The normalized spacial score (nSPS) is 18.6. The van der Waals surface area contributed by atoms with Gasteiger partial charge in [-0.1, -0.05) is 77.3 Å². The maximum absolute atomic E-state index is 12.8. The van der Waals surface area contributed by atoms with Crippen LogP contribution in [0.15, 0.2) is 77.8 Å². The molecule has 0 bridgehead atoms. The summed E-state index contributed by atoms with van der Waals surface area (Å²) in [6.45, 7) is 3.62. The molecule has 1 heterocycles. The van der Waals surface area contributed by atoms with Gasteiger partial charge < -0.3 is 0 Å². The van der Waals surface area contributed by atoms with E-state index in [9.17, 15) is 4.79 Å². The fourth-order valence-electron chi connectivity index (χ4n) is 3.71. The molecule has 0 saturated heterocycles. The number of benzene rings is 3. The summed E-state index contributed by atoms with van der Waals surface area (Å²) in [5.74, 6) is 0.623. The predicted molar refractivity (Wildman–Crippen MR) is 119 cm³/mol. The maximum atomic E-state index is 12.8. The lowest BCUT2D eigenvalue weighted by Gasteiger charge is -2.28. The van der Waals surface area contributed by atoms with Crippen molar-refractivity contribution in [3.8, 4) is 0 Å². The highest BCUT2D eigenvalue weighted by Gasteiger charge is 2.40. The number of carbonyl (C=O) groups is 1. The number of halogens is 2. The molecule has 1 aliphatic heterocycles. The van der Waals surface area contributed by atoms with E-state index < -0.39 is 0 Å².